The van der Waals surface area contributed by atoms with Crippen LogP contribution in [0.4, 0.5) is 0 Å². The van der Waals surface area contributed by atoms with Crippen molar-refractivity contribution >= 4 is 41.8 Å². The molecule has 0 radical (unpaired) electrons. The van der Waals surface area contributed by atoms with Crippen molar-refractivity contribution in [2.75, 3.05) is 33.8 Å². The zero-order valence-corrected chi connectivity index (χ0v) is 20.7. The molecule has 2 aliphatic rings. The van der Waals surface area contributed by atoms with Crippen LogP contribution in [0.15, 0.2) is 29.3 Å². The van der Waals surface area contributed by atoms with Crippen molar-refractivity contribution in [3.05, 3.63) is 29.8 Å². The number of nitrogens with zero attached hydrogens (tertiary/aromatic N) is 2. The molecule has 3 N–H and O–H groups in total. The second kappa shape index (κ2) is 12.7. The van der Waals surface area contributed by atoms with Gasteiger partial charge in [-0.05, 0) is 37.0 Å². The fourth-order valence-electron chi connectivity index (χ4n) is 4.07. The molecule has 1 saturated heterocycles. The number of nitrogens with one attached hydrogen (secondary N) is 3. The largest absolute Gasteiger partial charge is 0.497 e. The third-order valence-electron chi connectivity index (χ3n) is 5.83. The van der Waals surface area contributed by atoms with Gasteiger partial charge in [0.05, 0.1) is 13.7 Å². The van der Waals surface area contributed by atoms with Gasteiger partial charge in [-0.1, -0.05) is 25.0 Å². The van der Waals surface area contributed by atoms with Gasteiger partial charge in [0.2, 0.25) is 11.8 Å². The van der Waals surface area contributed by atoms with Crippen LogP contribution in [0.2, 0.25) is 0 Å². The van der Waals surface area contributed by atoms with Crippen molar-refractivity contribution in [3.63, 3.8) is 0 Å². The van der Waals surface area contributed by atoms with Crippen LogP contribution in [0.1, 0.15) is 37.7 Å². The first-order valence-corrected chi connectivity index (χ1v) is 10.7. The predicted molar refractivity (Wildman–Crippen MR) is 132 cm³/mol. The molecule has 1 aliphatic carbocycles. The Balaban J connectivity index is 0.00000341. The lowest BCUT2D eigenvalue weighted by Crippen LogP contribution is -2.48. The number of carbonyl (C=O) groups excluding carboxylic acids is 2. The highest BCUT2D eigenvalue weighted by Crippen LogP contribution is 2.27. The molecule has 1 saturated carbocycles. The molecule has 9 heteroatoms. The minimum Gasteiger partial charge on any atom is -0.497 e. The summed E-state index contributed by atoms with van der Waals surface area (Å²) in [7, 11) is 3.31. The number of likely N-dealkylation sites (tertiary alicyclic amines) is 1. The van der Waals surface area contributed by atoms with Crippen molar-refractivity contribution in [1.82, 2.24) is 20.9 Å². The van der Waals surface area contributed by atoms with Crippen molar-refractivity contribution in [3.8, 4) is 5.75 Å². The standard InChI is InChI=1S/C22H33N5O3.HI/c1-23-22(25-14-20(28)24-13-16-7-9-19(30-2)10-8-16)26-18-11-12-27(15-18)21(29)17-5-3-4-6-17;/h7-10,17-18H,3-6,11-15H2,1-2H3,(H,24,28)(H2,23,25,26);1H. The van der Waals surface area contributed by atoms with E-state index in [-0.39, 0.29) is 48.4 Å². The summed E-state index contributed by atoms with van der Waals surface area (Å²) in [4.78, 5) is 30.9. The first kappa shape index (κ1) is 25.2. The normalized spacial score (nSPS) is 19.0. The minimum absolute atomic E-state index is 0. The topological polar surface area (TPSA) is 95.1 Å². The average molecular weight is 543 g/mol. The van der Waals surface area contributed by atoms with E-state index in [0.717, 1.165) is 37.1 Å². The SMILES string of the molecule is CN=C(NCC(=O)NCc1ccc(OC)cc1)NC1CCN(C(=O)C2CCCC2)C1.I. The number of carbonyl (C=O) groups is 2. The molecule has 1 unspecified atom stereocenters. The number of aliphatic imine (C=N–C) groups is 1. The van der Waals surface area contributed by atoms with Crippen LogP contribution >= 0.6 is 24.0 Å². The first-order chi connectivity index (χ1) is 14.6. The fraction of sp³-hybridized carbons (Fsp3) is 0.591. The average Bonchev–Trinajstić information content (AvgIpc) is 3.47. The highest BCUT2D eigenvalue weighted by Gasteiger charge is 2.32. The van der Waals surface area contributed by atoms with Gasteiger partial charge in [0, 0.05) is 38.6 Å². The van der Waals surface area contributed by atoms with Crippen LogP contribution in [-0.2, 0) is 16.1 Å². The quantitative estimate of drug-likeness (QED) is 0.278. The Bertz CT molecular complexity index is 750. The number of benzene rings is 1. The smallest absolute Gasteiger partial charge is 0.239 e. The maximum absolute atomic E-state index is 12.6. The molecule has 1 aliphatic heterocycles. The van der Waals surface area contributed by atoms with Crippen LogP contribution < -0.4 is 20.7 Å². The van der Waals surface area contributed by atoms with Crippen molar-refractivity contribution < 1.29 is 14.3 Å². The molecule has 2 fully saturated rings. The summed E-state index contributed by atoms with van der Waals surface area (Å²) in [5, 5.41) is 9.27. The van der Waals surface area contributed by atoms with Crippen LogP contribution in [0, 0.1) is 5.92 Å². The summed E-state index contributed by atoms with van der Waals surface area (Å²) in [6.07, 6.45) is 5.29. The van der Waals surface area contributed by atoms with Gasteiger partial charge in [0.25, 0.3) is 0 Å². The van der Waals surface area contributed by atoms with Gasteiger partial charge in [0.1, 0.15) is 5.75 Å². The van der Waals surface area contributed by atoms with Crippen molar-refractivity contribution in [1.29, 1.82) is 0 Å². The first-order valence-electron chi connectivity index (χ1n) is 10.7. The zero-order chi connectivity index (χ0) is 21.3. The van der Waals surface area contributed by atoms with E-state index < -0.39 is 0 Å². The number of rotatable bonds is 7. The minimum atomic E-state index is -0.113. The number of methoxy groups -OCH3 is 1. The molecule has 1 heterocycles. The maximum Gasteiger partial charge on any atom is 0.239 e. The molecule has 1 aromatic rings. The highest BCUT2D eigenvalue weighted by atomic mass is 127. The summed E-state index contributed by atoms with van der Waals surface area (Å²) >= 11 is 0. The van der Waals surface area contributed by atoms with E-state index in [9.17, 15) is 9.59 Å². The molecule has 31 heavy (non-hydrogen) atoms. The van der Waals surface area contributed by atoms with E-state index in [1.54, 1.807) is 14.2 Å². The number of halogens is 1. The van der Waals surface area contributed by atoms with Crippen molar-refractivity contribution in [2.24, 2.45) is 10.9 Å². The molecule has 0 bridgehead atoms. The van der Waals surface area contributed by atoms with Gasteiger partial charge in [-0.2, -0.15) is 0 Å². The molecule has 8 nitrogen and oxygen atoms in total. The molecule has 3 rings (SSSR count). The van der Waals surface area contributed by atoms with E-state index in [1.807, 2.05) is 29.2 Å². The van der Waals surface area contributed by atoms with E-state index in [0.29, 0.717) is 25.0 Å². The molecule has 1 atom stereocenters. The number of hydrogen-bond acceptors (Lipinski definition) is 4. The second-order valence-electron chi connectivity index (χ2n) is 7.95. The van der Waals surface area contributed by atoms with Gasteiger partial charge < -0.3 is 25.6 Å². The molecular weight excluding hydrogens is 509 g/mol. The summed E-state index contributed by atoms with van der Waals surface area (Å²) in [5.74, 6) is 1.78. The lowest BCUT2D eigenvalue weighted by Gasteiger charge is -2.21. The van der Waals surface area contributed by atoms with E-state index in [1.165, 1.54) is 12.8 Å². The molecule has 2 amide bonds. The summed E-state index contributed by atoms with van der Waals surface area (Å²) in [6, 6.07) is 7.74. The molecule has 0 spiro atoms. The highest BCUT2D eigenvalue weighted by molar-refractivity contribution is 14.0. The molecule has 172 valence electrons. The summed E-state index contributed by atoms with van der Waals surface area (Å²) in [5.41, 5.74) is 1.00. The third-order valence-corrected chi connectivity index (χ3v) is 5.83. The number of ether oxygens (including phenoxy) is 1. The van der Waals surface area contributed by atoms with E-state index in [4.69, 9.17) is 4.74 Å². The van der Waals surface area contributed by atoms with E-state index in [2.05, 4.69) is 20.9 Å². The predicted octanol–water partition coefficient (Wildman–Crippen LogP) is 1.89. The number of hydrogen-bond donors (Lipinski definition) is 3. The van der Waals surface area contributed by atoms with Crippen LogP contribution in [0.5, 0.6) is 5.75 Å². The maximum atomic E-state index is 12.6. The Kier molecular flexibility index (Phi) is 10.4. The second-order valence-corrected chi connectivity index (χ2v) is 7.95. The lowest BCUT2D eigenvalue weighted by atomic mass is 10.1. The van der Waals surface area contributed by atoms with E-state index >= 15 is 0 Å². The van der Waals surface area contributed by atoms with Crippen LogP contribution in [-0.4, -0.2) is 62.5 Å². The van der Waals surface area contributed by atoms with Gasteiger partial charge in [-0.15, -0.1) is 24.0 Å². The fourth-order valence-corrected chi connectivity index (χ4v) is 4.07. The lowest BCUT2D eigenvalue weighted by molar-refractivity contribution is -0.134. The number of guanidine groups is 1. The Morgan fingerprint density at radius 3 is 2.48 bits per heavy atom. The van der Waals surface area contributed by atoms with Gasteiger partial charge in [-0.25, -0.2) is 0 Å². The molecule has 1 aromatic carbocycles. The Morgan fingerprint density at radius 1 is 1.13 bits per heavy atom. The summed E-state index contributed by atoms with van der Waals surface area (Å²) < 4.78 is 5.13. The van der Waals surface area contributed by atoms with Crippen molar-refractivity contribution in [2.45, 2.75) is 44.7 Å². The molecule has 0 aromatic heterocycles. The van der Waals surface area contributed by atoms with Gasteiger partial charge >= 0.3 is 0 Å². The van der Waals surface area contributed by atoms with Gasteiger partial charge in [-0.3, -0.25) is 14.6 Å². The summed E-state index contributed by atoms with van der Waals surface area (Å²) in [6.45, 7) is 2.07. The Labute approximate surface area is 201 Å². The van der Waals surface area contributed by atoms with Crippen LogP contribution in [0.3, 0.4) is 0 Å². The van der Waals surface area contributed by atoms with Crippen LogP contribution in [0.25, 0.3) is 0 Å². The molecular formula is C22H34IN5O3. The number of amides is 2. The Hall–Kier alpha value is -2.04. The Morgan fingerprint density at radius 2 is 1.84 bits per heavy atom. The van der Waals surface area contributed by atoms with Gasteiger partial charge in [0.15, 0.2) is 5.96 Å². The zero-order valence-electron chi connectivity index (χ0n) is 18.4. The third kappa shape index (κ3) is 7.55. The monoisotopic (exact) mass is 543 g/mol.